The number of carbonyl (C=O) groups excluding carboxylic acids is 1. The van der Waals surface area contributed by atoms with Crippen LogP contribution in [0.15, 0.2) is 0 Å². The zero-order valence-electron chi connectivity index (χ0n) is 10.8. The maximum Gasteiger partial charge on any atom is 0.237 e. The summed E-state index contributed by atoms with van der Waals surface area (Å²) >= 11 is 0. The second-order valence-electron chi connectivity index (χ2n) is 4.80. The Labute approximate surface area is 104 Å². The van der Waals surface area contributed by atoms with Crippen molar-refractivity contribution in [3.63, 3.8) is 0 Å². The standard InChI is InChI=1S/C11H22N2O3S/c1-4-7-13(8-10-5-6-10)11(14)9-12(2)17(3,15)16/h10H,4-9H2,1-3H3. The zero-order valence-corrected chi connectivity index (χ0v) is 11.7. The van der Waals surface area contributed by atoms with Crippen LogP contribution in [0, 0.1) is 5.92 Å². The summed E-state index contributed by atoms with van der Waals surface area (Å²) in [5, 5.41) is 0. The van der Waals surface area contributed by atoms with Gasteiger partial charge in [-0.3, -0.25) is 4.79 Å². The number of likely N-dealkylation sites (N-methyl/N-ethyl adjacent to an activating group) is 1. The Morgan fingerprint density at radius 2 is 1.94 bits per heavy atom. The van der Waals surface area contributed by atoms with Crippen molar-refractivity contribution in [1.29, 1.82) is 0 Å². The molecule has 0 N–H and O–H groups in total. The molecule has 6 heteroatoms. The van der Waals surface area contributed by atoms with Gasteiger partial charge in [-0.15, -0.1) is 0 Å². The van der Waals surface area contributed by atoms with Crippen molar-refractivity contribution in [3.8, 4) is 0 Å². The Bertz CT molecular complexity index is 363. The molecule has 0 aromatic heterocycles. The van der Waals surface area contributed by atoms with Crippen LogP contribution >= 0.6 is 0 Å². The largest absolute Gasteiger partial charge is 0.341 e. The van der Waals surface area contributed by atoms with Crippen molar-refractivity contribution in [2.24, 2.45) is 5.92 Å². The van der Waals surface area contributed by atoms with Crippen molar-refractivity contribution >= 4 is 15.9 Å². The fraction of sp³-hybridized carbons (Fsp3) is 0.909. The average molecular weight is 262 g/mol. The number of sulfonamides is 1. The first kappa shape index (κ1) is 14.4. The minimum Gasteiger partial charge on any atom is -0.341 e. The summed E-state index contributed by atoms with van der Waals surface area (Å²) in [5.74, 6) is 0.542. The molecule has 0 bridgehead atoms. The summed E-state index contributed by atoms with van der Waals surface area (Å²) in [6, 6.07) is 0. The van der Waals surface area contributed by atoms with Crippen molar-refractivity contribution in [2.45, 2.75) is 26.2 Å². The Morgan fingerprint density at radius 3 is 2.35 bits per heavy atom. The van der Waals surface area contributed by atoms with Crippen LogP contribution in [-0.4, -0.2) is 56.5 Å². The van der Waals surface area contributed by atoms with E-state index >= 15 is 0 Å². The van der Waals surface area contributed by atoms with Crippen LogP contribution in [0.2, 0.25) is 0 Å². The fourth-order valence-corrected chi connectivity index (χ4v) is 1.95. The van der Waals surface area contributed by atoms with E-state index in [9.17, 15) is 13.2 Å². The quantitative estimate of drug-likeness (QED) is 0.672. The lowest BCUT2D eigenvalue weighted by Crippen LogP contribution is -2.42. The smallest absolute Gasteiger partial charge is 0.237 e. The molecule has 1 aliphatic carbocycles. The molecule has 0 atom stereocenters. The van der Waals surface area contributed by atoms with E-state index in [1.54, 1.807) is 4.90 Å². The third-order valence-corrected chi connectivity index (χ3v) is 4.21. The zero-order chi connectivity index (χ0) is 13.1. The molecule has 0 heterocycles. The van der Waals surface area contributed by atoms with Crippen LogP contribution in [0.1, 0.15) is 26.2 Å². The van der Waals surface area contributed by atoms with Crippen LogP contribution in [0.3, 0.4) is 0 Å². The molecule has 1 amide bonds. The molecule has 1 rings (SSSR count). The molecule has 1 saturated carbocycles. The summed E-state index contributed by atoms with van der Waals surface area (Å²) in [6.45, 7) is 3.47. The van der Waals surface area contributed by atoms with Crippen LogP contribution in [-0.2, 0) is 14.8 Å². The predicted molar refractivity (Wildman–Crippen MR) is 67.1 cm³/mol. The van der Waals surface area contributed by atoms with Crippen LogP contribution in [0.25, 0.3) is 0 Å². The van der Waals surface area contributed by atoms with Gasteiger partial charge in [0.05, 0.1) is 12.8 Å². The lowest BCUT2D eigenvalue weighted by atomic mass is 10.3. The van der Waals surface area contributed by atoms with E-state index in [-0.39, 0.29) is 12.5 Å². The summed E-state index contributed by atoms with van der Waals surface area (Å²) < 4.78 is 23.6. The van der Waals surface area contributed by atoms with E-state index in [4.69, 9.17) is 0 Å². The fourth-order valence-electron chi connectivity index (χ4n) is 1.61. The number of hydrogen-bond donors (Lipinski definition) is 0. The highest BCUT2D eigenvalue weighted by Gasteiger charge is 2.27. The van der Waals surface area contributed by atoms with E-state index in [0.717, 1.165) is 23.5 Å². The van der Waals surface area contributed by atoms with Crippen molar-refractivity contribution in [3.05, 3.63) is 0 Å². The molecule has 0 aromatic rings. The van der Waals surface area contributed by atoms with E-state index < -0.39 is 10.0 Å². The minimum atomic E-state index is -3.27. The van der Waals surface area contributed by atoms with Gasteiger partial charge in [0.2, 0.25) is 15.9 Å². The first-order chi connectivity index (χ1) is 7.84. The second kappa shape index (κ2) is 5.82. The van der Waals surface area contributed by atoms with Crippen molar-refractivity contribution < 1.29 is 13.2 Å². The third-order valence-electron chi connectivity index (χ3n) is 2.95. The van der Waals surface area contributed by atoms with Crippen LogP contribution in [0.4, 0.5) is 0 Å². The van der Waals surface area contributed by atoms with Gasteiger partial charge in [0.25, 0.3) is 0 Å². The summed E-state index contributed by atoms with van der Waals surface area (Å²) in [6.07, 6.45) is 4.40. The highest BCUT2D eigenvalue weighted by Crippen LogP contribution is 2.29. The normalized spacial score (nSPS) is 16.2. The monoisotopic (exact) mass is 262 g/mol. The van der Waals surface area contributed by atoms with Gasteiger partial charge in [-0.2, -0.15) is 4.31 Å². The van der Waals surface area contributed by atoms with E-state index in [1.165, 1.54) is 19.9 Å². The molecular weight excluding hydrogens is 240 g/mol. The molecule has 100 valence electrons. The van der Waals surface area contributed by atoms with Gasteiger partial charge >= 0.3 is 0 Å². The lowest BCUT2D eigenvalue weighted by Gasteiger charge is -2.24. The van der Waals surface area contributed by atoms with Gasteiger partial charge in [-0.25, -0.2) is 8.42 Å². The maximum absolute atomic E-state index is 12.0. The molecule has 0 aliphatic heterocycles. The lowest BCUT2D eigenvalue weighted by molar-refractivity contribution is -0.131. The molecule has 17 heavy (non-hydrogen) atoms. The Hall–Kier alpha value is -0.620. The van der Waals surface area contributed by atoms with Crippen LogP contribution < -0.4 is 0 Å². The first-order valence-corrected chi connectivity index (χ1v) is 7.88. The summed E-state index contributed by atoms with van der Waals surface area (Å²) in [4.78, 5) is 13.8. The van der Waals surface area contributed by atoms with Crippen molar-refractivity contribution in [2.75, 3.05) is 32.9 Å². The topological polar surface area (TPSA) is 57.7 Å². The van der Waals surface area contributed by atoms with E-state index in [1.807, 2.05) is 6.92 Å². The average Bonchev–Trinajstić information content (AvgIpc) is 2.99. The number of amides is 1. The number of carbonyl (C=O) groups is 1. The molecule has 0 spiro atoms. The minimum absolute atomic E-state index is 0.0500. The van der Waals surface area contributed by atoms with Gasteiger partial charge in [-0.05, 0) is 25.2 Å². The van der Waals surface area contributed by atoms with Gasteiger partial charge < -0.3 is 4.90 Å². The first-order valence-electron chi connectivity index (χ1n) is 6.03. The second-order valence-corrected chi connectivity index (χ2v) is 6.89. The highest BCUT2D eigenvalue weighted by atomic mass is 32.2. The molecule has 0 unspecified atom stereocenters. The van der Waals surface area contributed by atoms with E-state index in [0.29, 0.717) is 12.5 Å². The molecule has 0 radical (unpaired) electrons. The van der Waals surface area contributed by atoms with Crippen molar-refractivity contribution in [1.82, 2.24) is 9.21 Å². The number of nitrogens with zero attached hydrogens (tertiary/aromatic N) is 2. The highest BCUT2D eigenvalue weighted by molar-refractivity contribution is 7.88. The van der Waals surface area contributed by atoms with Gasteiger partial charge in [0.1, 0.15) is 0 Å². The van der Waals surface area contributed by atoms with Gasteiger partial charge in [-0.1, -0.05) is 6.92 Å². The molecule has 1 aliphatic rings. The Balaban J connectivity index is 2.51. The number of rotatable bonds is 7. The maximum atomic E-state index is 12.0. The molecule has 1 fully saturated rings. The predicted octanol–water partition coefficient (Wildman–Crippen LogP) is 0.526. The Morgan fingerprint density at radius 1 is 1.35 bits per heavy atom. The third kappa shape index (κ3) is 5.04. The molecular formula is C11H22N2O3S. The molecule has 5 nitrogen and oxygen atoms in total. The summed E-state index contributed by atoms with van der Waals surface area (Å²) in [5.41, 5.74) is 0. The van der Waals surface area contributed by atoms with Gasteiger partial charge in [0.15, 0.2) is 0 Å². The van der Waals surface area contributed by atoms with E-state index in [2.05, 4.69) is 0 Å². The number of hydrogen-bond acceptors (Lipinski definition) is 3. The van der Waals surface area contributed by atoms with Crippen LogP contribution in [0.5, 0.6) is 0 Å². The Kier molecular flexibility index (Phi) is 4.94. The van der Waals surface area contributed by atoms with Gasteiger partial charge in [0, 0.05) is 20.1 Å². The molecule has 0 saturated heterocycles. The summed E-state index contributed by atoms with van der Waals surface area (Å²) in [7, 11) is -1.83. The SMILES string of the molecule is CCCN(CC1CC1)C(=O)CN(C)S(C)(=O)=O. The molecule has 0 aromatic carbocycles.